The normalized spacial score (nSPS) is 13.6. The number of rotatable bonds is 5. The summed E-state index contributed by atoms with van der Waals surface area (Å²) in [6, 6.07) is 60.7. The van der Waals surface area contributed by atoms with Crippen LogP contribution in [0, 0.1) is 0 Å². The van der Waals surface area contributed by atoms with Gasteiger partial charge in [0.15, 0.2) is 0 Å². The average Bonchev–Trinajstić information content (AvgIpc) is 4.13. The van der Waals surface area contributed by atoms with Crippen LogP contribution < -0.4 is 24.8 Å². The van der Waals surface area contributed by atoms with E-state index in [0.717, 1.165) is 0 Å². The molecule has 2 aliphatic rings. The van der Waals surface area contributed by atoms with Crippen LogP contribution in [0.2, 0.25) is 0 Å². The summed E-state index contributed by atoms with van der Waals surface area (Å²) in [5, 5.41) is 5.28. The number of benzene rings is 7. The Labute approximate surface area is 415 Å². The van der Waals surface area contributed by atoms with E-state index in [0.29, 0.717) is 5.92 Å². The molecule has 7 aromatic carbocycles. The topological polar surface area (TPSA) is 6.48 Å². The van der Waals surface area contributed by atoms with Gasteiger partial charge < -0.3 is 9.80 Å². The van der Waals surface area contributed by atoms with Gasteiger partial charge in [0.05, 0.1) is 11.4 Å². The number of hydrogen-bond donors (Lipinski definition) is 0. The number of thiophene rings is 4. The fourth-order valence-corrected chi connectivity index (χ4v) is 15.4. The first-order chi connectivity index (χ1) is 32.8. The third kappa shape index (κ3) is 6.60. The van der Waals surface area contributed by atoms with Crippen molar-refractivity contribution in [2.45, 2.75) is 72.1 Å². The lowest BCUT2D eigenvalue weighted by Gasteiger charge is -2.42. The van der Waals surface area contributed by atoms with Crippen LogP contribution in [-0.2, 0) is 10.8 Å². The Morgan fingerprint density at radius 3 is 1.26 bits per heavy atom. The molecule has 68 heavy (non-hydrogen) atoms. The molecule has 0 aliphatic carbocycles. The van der Waals surface area contributed by atoms with Crippen LogP contribution in [-0.4, -0.2) is 6.71 Å². The van der Waals surface area contributed by atoms with Crippen molar-refractivity contribution in [2.75, 3.05) is 9.80 Å². The highest BCUT2D eigenvalue weighted by molar-refractivity contribution is 7.40. The molecule has 0 saturated heterocycles. The zero-order chi connectivity index (χ0) is 46.4. The van der Waals surface area contributed by atoms with Gasteiger partial charge in [-0.15, -0.1) is 45.3 Å². The Morgan fingerprint density at radius 1 is 0.441 bits per heavy atom. The second-order valence-corrected chi connectivity index (χ2v) is 25.5. The van der Waals surface area contributed by atoms with E-state index in [1.54, 1.807) is 0 Å². The highest BCUT2D eigenvalue weighted by atomic mass is 32.1. The quantitative estimate of drug-likeness (QED) is 0.159. The smallest absolute Gasteiger partial charge is 0.277 e. The maximum Gasteiger partial charge on any atom is 0.277 e. The highest BCUT2D eigenvalue weighted by Crippen LogP contribution is 2.52. The zero-order valence-electron chi connectivity index (χ0n) is 39.7. The summed E-state index contributed by atoms with van der Waals surface area (Å²) in [6.07, 6.45) is 0. The summed E-state index contributed by atoms with van der Waals surface area (Å²) in [5.74, 6) is 0.311. The third-order valence-corrected chi connectivity index (χ3v) is 19.1. The van der Waals surface area contributed by atoms with Crippen LogP contribution in [0.3, 0.4) is 0 Å². The van der Waals surface area contributed by atoms with Crippen molar-refractivity contribution in [1.29, 1.82) is 0 Å². The van der Waals surface area contributed by atoms with Crippen molar-refractivity contribution in [3.8, 4) is 20.9 Å². The number of anilines is 6. The molecular formula is C61H51BN2S4. The fraction of sp³-hybridized carbons (Fsp3) is 0.180. The minimum absolute atomic E-state index is 0.00552. The molecule has 0 fully saturated rings. The Hall–Kier alpha value is -5.96. The first-order valence-electron chi connectivity index (χ1n) is 23.9. The van der Waals surface area contributed by atoms with Crippen LogP contribution in [0.15, 0.2) is 158 Å². The van der Waals surface area contributed by atoms with Crippen LogP contribution >= 0.6 is 45.3 Å². The lowest BCUT2D eigenvalue weighted by Crippen LogP contribution is -2.59. The van der Waals surface area contributed by atoms with Gasteiger partial charge in [-0.25, -0.2) is 0 Å². The Morgan fingerprint density at radius 2 is 0.868 bits per heavy atom. The van der Waals surface area contributed by atoms with E-state index < -0.39 is 0 Å². The molecular weight excluding hydrogens is 900 g/mol. The molecule has 0 amide bonds. The first-order valence-corrected chi connectivity index (χ1v) is 27.1. The summed E-state index contributed by atoms with van der Waals surface area (Å²) in [7, 11) is 0. The second kappa shape index (κ2) is 15.3. The van der Waals surface area contributed by atoms with Crippen molar-refractivity contribution in [3.05, 3.63) is 174 Å². The molecule has 332 valence electrons. The maximum absolute atomic E-state index is 2.65. The average molecular weight is 951 g/mol. The molecule has 2 nitrogen and oxygen atoms in total. The molecule has 0 saturated carbocycles. The molecule has 0 bridgehead atoms. The van der Waals surface area contributed by atoms with Gasteiger partial charge in [-0.05, 0) is 146 Å². The van der Waals surface area contributed by atoms with Crippen molar-refractivity contribution >= 4 is 142 Å². The number of fused-ring (bicyclic) bond motifs is 10. The van der Waals surface area contributed by atoms with Crippen molar-refractivity contribution < 1.29 is 0 Å². The third-order valence-electron chi connectivity index (χ3n) is 14.3. The SMILES string of the molecule is CC(C)c1cc2c3c(c1)N(c1ccc(-c4cc5ccccc5s4)cc1)c1c(sc4ccc(C(C)(C)C)cc14)B3c1sc3ccc(C(C)(C)C)cc3c1N2c1ccc(-c2cc3ccccc3s2)cc1. The van der Waals surface area contributed by atoms with E-state index in [1.165, 1.54) is 127 Å². The molecule has 4 aromatic heterocycles. The number of nitrogens with zero attached hydrogens (tertiary/aromatic N) is 2. The van der Waals surface area contributed by atoms with Gasteiger partial charge in [0, 0.05) is 71.6 Å². The largest absolute Gasteiger partial charge is 0.310 e. The fourth-order valence-electron chi connectivity index (χ4n) is 10.6. The molecule has 0 spiro atoms. The van der Waals surface area contributed by atoms with Crippen LogP contribution in [0.5, 0.6) is 0 Å². The van der Waals surface area contributed by atoms with E-state index in [9.17, 15) is 0 Å². The summed E-state index contributed by atoms with van der Waals surface area (Å²) in [6.45, 7) is 18.8. The van der Waals surface area contributed by atoms with Gasteiger partial charge in [0.25, 0.3) is 6.71 Å². The van der Waals surface area contributed by atoms with Gasteiger partial charge in [0.2, 0.25) is 0 Å². The first kappa shape index (κ1) is 42.2. The van der Waals surface area contributed by atoms with E-state index in [1.807, 2.05) is 45.3 Å². The molecule has 0 unspecified atom stereocenters. The van der Waals surface area contributed by atoms with Crippen molar-refractivity contribution in [3.63, 3.8) is 0 Å². The second-order valence-electron chi connectivity index (χ2n) is 21.2. The van der Waals surface area contributed by atoms with Crippen molar-refractivity contribution in [1.82, 2.24) is 0 Å². The van der Waals surface area contributed by atoms with Crippen LogP contribution in [0.1, 0.15) is 78.0 Å². The minimum Gasteiger partial charge on any atom is -0.310 e. The van der Waals surface area contributed by atoms with Gasteiger partial charge in [-0.2, -0.15) is 0 Å². The van der Waals surface area contributed by atoms with Gasteiger partial charge >= 0.3 is 0 Å². The Bertz CT molecular complexity index is 3500. The molecule has 7 heteroatoms. The Balaban J connectivity index is 1.08. The van der Waals surface area contributed by atoms with Crippen molar-refractivity contribution in [2.24, 2.45) is 0 Å². The predicted molar refractivity (Wildman–Crippen MR) is 304 cm³/mol. The number of hydrogen-bond acceptors (Lipinski definition) is 6. The summed E-state index contributed by atoms with van der Waals surface area (Å²) in [4.78, 5) is 7.89. The molecule has 13 rings (SSSR count). The highest BCUT2D eigenvalue weighted by Gasteiger charge is 2.47. The van der Waals surface area contributed by atoms with Crippen LogP contribution in [0.4, 0.5) is 34.1 Å². The molecule has 0 N–H and O–H groups in total. The maximum atomic E-state index is 2.65. The summed E-state index contributed by atoms with van der Waals surface area (Å²) >= 11 is 7.74. The van der Waals surface area contributed by atoms with Gasteiger partial charge in [-0.3, -0.25) is 0 Å². The standard InChI is InChI=1S/C61H51BN2S4/c1-35(2)40-29-47-55-48(30-40)64(44-25-19-37(20-26-44)54-32-39-14-10-12-16-50(39)66-54)57-46-34-42(61(6,7)8)22-28-52(46)68-59(57)62(55)58-56(45-33-41(60(3,4)5)21-27-51(45)67-58)63(47)43-23-17-36(18-24-43)53-31-38-13-9-11-15-49(38)65-53/h9-35H,1-8H3. The lowest BCUT2D eigenvalue weighted by molar-refractivity contribution is 0.591. The molecule has 2 aliphatic heterocycles. The van der Waals surface area contributed by atoms with Crippen LogP contribution in [0.25, 0.3) is 61.2 Å². The van der Waals surface area contributed by atoms with Gasteiger partial charge in [-0.1, -0.05) is 128 Å². The van der Waals surface area contributed by atoms with E-state index in [-0.39, 0.29) is 17.5 Å². The summed E-state index contributed by atoms with van der Waals surface area (Å²) < 4.78 is 8.17. The van der Waals surface area contributed by atoms with E-state index in [4.69, 9.17) is 0 Å². The van der Waals surface area contributed by atoms with E-state index in [2.05, 4.69) is 223 Å². The molecule has 11 aromatic rings. The minimum atomic E-state index is 0.00552. The molecule has 6 heterocycles. The molecule has 0 radical (unpaired) electrons. The Kier molecular flexibility index (Phi) is 9.47. The lowest BCUT2D eigenvalue weighted by atomic mass is 9.39. The molecule has 0 atom stereocenters. The zero-order valence-corrected chi connectivity index (χ0v) is 43.0. The monoisotopic (exact) mass is 950 g/mol. The van der Waals surface area contributed by atoms with E-state index >= 15 is 0 Å². The predicted octanol–water partition coefficient (Wildman–Crippen LogP) is 17.7. The summed E-state index contributed by atoms with van der Waals surface area (Å²) in [5.41, 5.74) is 15.6. The van der Waals surface area contributed by atoms with Gasteiger partial charge in [0.1, 0.15) is 0 Å².